The Balaban J connectivity index is 1.72. The Bertz CT molecular complexity index is 1190. The molecular weight excluding hydrogens is 406 g/mol. The van der Waals surface area contributed by atoms with E-state index in [0.717, 1.165) is 35.9 Å². The lowest BCUT2D eigenvalue weighted by atomic mass is 10.1. The summed E-state index contributed by atoms with van der Waals surface area (Å²) in [6.07, 6.45) is 7.92. The molecule has 32 heavy (non-hydrogen) atoms. The first-order valence-electron chi connectivity index (χ1n) is 10.6. The second kappa shape index (κ2) is 9.54. The summed E-state index contributed by atoms with van der Waals surface area (Å²) in [7, 11) is 1.59. The minimum Gasteiger partial charge on any atom is -0.356 e. The maximum absolute atomic E-state index is 12.5. The second-order valence-electron chi connectivity index (χ2n) is 7.48. The number of carbonyl (C=O) groups is 2. The standard InChI is InChI=1S/C24H25N5O3/c1-3-13-26-23(30)17-8-4-5-9-19(17)27-16-11-12-18-20(15-16)29(21-10-6-7-14-32-21)28-22(18)24(31)25-2/h1,4-5,8-9,11-12,15,21,27H,6-7,10,13-14H2,2H3,(H,25,31)(H,26,30). The molecular formula is C24H25N5O3. The van der Waals surface area contributed by atoms with E-state index in [1.165, 1.54) is 0 Å². The summed E-state index contributed by atoms with van der Waals surface area (Å²) in [6, 6.07) is 12.8. The number of benzene rings is 2. The fourth-order valence-corrected chi connectivity index (χ4v) is 3.81. The highest BCUT2D eigenvalue weighted by atomic mass is 16.5. The molecule has 1 aromatic heterocycles. The van der Waals surface area contributed by atoms with Gasteiger partial charge in [-0.2, -0.15) is 5.10 Å². The molecule has 164 valence electrons. The number of aromatic nitrogens is 2. The first-order valence-corrected chi connectivity index (χ1v) is 10.6. The van der Waals surface area contributed by atoms with E-state index in [4.69, 9.17) is 11.2 Å². The van der Waals surface area contributed by atoms with Gasteiger partial charge in [-0.1, -0.05) is 18.1 Å². The van der Waals surface area contributed by atoms with E-state index in [9.17, 15) is 9.59 Å². The van der Waals surface area contributed by atoms with Crippen LogP contribution in [-0.2, 0) is 4.74 Å². The fraction of sp³-hybridized carbons (Fsp3) is 0.292. The van der Waals surface area contributed by atoms with E-state index in [-0.39, 0.29) is 24.6 Å². The number of ether oxygens (including phenoxy) is 1. The summed E-state index contributed by atoms with van der Waals surface area (Å²) >= 11 is 0. The maximum Gasteiger partial charge on any atom is 0.272 e. The fourth-order valence-electron chi connectivity index (χ4n) is 3.81. The van der Waals surface area contributed by atoms with E-state index in [1.807, 2.05) is 30.3 Å². The molecule has 8 nitrogen and oxygen atoms in total. The van der Waals surface area contributed by atoms with Crippen LogP contribution in [0.5, 0.6) is 0 Å². The Morgan fingerprint density at radius 3 is 2.81 bits per heavy atom. The van der Waals surface area contributed by atoms with Gasteiger partial charge in [0.15, 0.2) is 11.9 Å². The summed E-state index contributed by atoms with van der Waals surface area (Å²) in [6.45, 7) is 0.821. The van der Waals surface area contributed by atoms with Crippen molar-refractivity contribution in [1.82, 2.24) is 20.4 Å². The van der Waals surface area contributed by atoms with Gasteiger partial charge in [-0.3, -0.25) is 9.59 Å². The van der Waals surface area contributed by atoms with Crippen molar-refractivity contribution in [2.24, 2.45) is 0 Å². The number of nitrogens with one attached hydrogen (secondary N) is 3. The Morgan fingerprint density at radius 2 is 2.06 bits per heavy atom. The summed E-state index contributed by atoms with van der Waals surface area (Å²) in [5.41, 5.74) is 3.04. The highest BCUT2D eigenvalue weighted by Gasteiger charge is 2.23. The van der Waals surface area contributed by atoms with E-state index in [2.05, 4.69) is 27.0 Å². The first-order chi connectivity index (χ1) is 15.6. The largest absolute Gasteiger partial charge is 0.356 e. The van der Waals surface area contributed by atoms with Gasteiger partial charge in [-0.25, -0.2) is 4.68 Å². The minimum atomic E-state index is -0.255. The molecule has 0 radical (unpaired) electrons. The highest BCUT2D eigenvalue weighted by molar-refractivity contribution is 6.06. The lowest BCUT2D eigenvalue weighted by Crippen LogP contribution is -2.24. The zero-order valence-electron chi connectivity index (χ0n) is 17.9. The van der Waals surface area contributed by atoms with Crippen LogP contribution in [0.4, 0.5) is 11.4 Å². The number of hydrogen-bond acceptors (Lipinski definition) is 5. The smallest absolute Gasteiger partial charge is 0.272 e. The van der Waals surface area contributed by atoms with Crippen LogP contribution in [0.1, 0.15) is 46.3 Å². The van der Waals surface area contributed by atoms with Crippen molar-refractivity contribution in [3.63, 3.8) is 0 Å². The second-order valence-corrected chi connectivity index (χ2v) is 7.48. The predicted octanol–water partition coefficient (Wildman–Crippen LogP) is 3.20. The Kier molecular flexibility index (Phi) is 6.38. The van der Waals surface area contributed by atoms with Crippen molar-refractivity contribution in [1.29, 1.82) is 0 Å². The van der Waals surface area contributed by atoms with Gasteiger partial charge in [-0.15, -0.1) is 6.42 Å². The molecule has 0 aliphatic carbocycles. The molecule has 3 aromatic rings. The van der Waals surface area contributed by atoms with Crippen molar-refractivity contribution in [2.45, 2.75) is 25.5 Å². The molecule has 2 aromatic carbocycles. The summed E-state index contributed by atoms with van der Waals surface area (Å²) in [5.74, 6) is 1.90. The average Bonchev–Trinajstić information content (AvgIpc) is 3.22. The number of rotatable bonds is 6. The number of fused-ring (bicyclic) bond motifs is 1. The maximum atomic E-state index is 12.5. The summed E-state index contributed by atoms with van der Waals surface area (Å²) < 4.78 is 7.71. The van der Waals surface area contributed by atoms with Crippen LogP contribution in [0.15, 0.2) is 42.5 Å². The molecule has 1 aliphatic rings. The van der Waals surface area contributed by atoms with Crippen LogP contribution in [0.2, 0.25) is 0 Å². The number of para-hydroxylation sites is 1. The minimum absolute atomic E-state index is 0.155. The van der Waals surface area contributed by atoms with Gasteiger partial charge in [-0.05, 0) is 49.6 Å². The SMILES string of the molecule is C#CCNC(=O)c1ccccc1Nc1ccc2c(C(=O)NC)nn(C3CCCCO3)c2c1. The number of amides is 2. The van der Waals surface area contributed by atoms with E-state index < -0.39 is 0 Å². The van der Waals surface area contributed by atoms with Crippen molar-refractivity contribution >= 4 is 34.1 Å². The van der Waals surface area contributed by atoms with Crippen LogP contribution in [-0.4, -0.2) is 41.8 Å². The molecule has 1 aliphatic heterocycles. The quantitative estimate of drug-likeness (QED) is 0.521. The molecule has 1 unspecified atom stereocenters. The predicted molar refractivity (Wildman–Crippen MR) is 123 cm³/mol. The van der Waals surface area contributed by atoms with E-state index in [1.54, 1.807) is 23.9 Å². The molecule has 1 atom stereocenters. The molecule has 0 spiro atoms. The van der Waals surface area contributed by atoms with Crippen LogP contribution in [0, 0.1) is 12.3 Å². The monoisotopic (exact) mass is 431 g/mol. The Hall–Kier alpha value is -3.83. The van der Waals surface area contributed by atoms with Gasteiger partial charge in [0.25, 0.3) is 11.8 Å². The topological polar surface area (TPSA) is 97.3 Å². The third kappa shape index (κ3) is 4.29. The van der Waals surface area contributed by atoms with Gasteiger partial charge in [0.2, 0.25) is 0 Å². The third-order valence-electron chi connectivity index (χ3n) is 5.38. The van der Waals surface area contributed by atoms with Gasteiger partial charge in [0.1, 0.15) is 0 Å². The van der Waals surface area contributed by atoms with Gasteiger partial charge in [0, 0.05) is 24.7 Å². The zero-order chi connectivity index (χ0) is 22.5. The van der Waals surface area contributed by atoms with E-state index >= 15 is 0 Å². The van der Waals surface area contributed by atoms with Gasteiger partial charge >= 0.3 is 0 Å². The number of terminal acetylenes is 1. The number of anilines is 2. The lowest BCUT2D eigenvalue weighted by Gasteiger charge is -2.23. The van der Waals surface area contributed by atoms with Gasteiger partial charge < -0.3 is 20.7 Å². The number of hydrogen-bond donors (Lipinski definition) is 3. The Morgan fingerprint density at radius 1 is 1.22 bits per heavy atom. The van der Waals surface area contributed by atoms with Crippen molar-refractivity contribution in [2.75, 3.05) is 25.5 Å². The molecule has 3 N–H and O–H groups in total. The lowest BCUT2D eigenvalue weighted by molar-refractivity contribution is -0.0368. The van der Waals surface area contributed by atoms with Crippen molar-refractivity contribution in [3.05, 3.63) is 53.7 Å². The average molecular weight is 431 g/mol. The normalized spacial score (nSPS) is 15.7. The van der Waals surface area contributed by atoms with Crippen LogP contribution >= 0.6 is 0 Å². The number of nitrogens with zero attached hydrogens (tertiary/aromatic N) is 2. The molecule has 2 amide bonds. The van der Waals surface area contributed by atoms with Crippen LogP contribution in [0.25, 0.3) is 10.9 Å². The summed E-state index contributed by atoms with van der Waals surface area (Å²) in [4.78, 5) is 24.9. The Labute approximate surface area is 186 Å². The number of carbonyl (C=O) groups excluding carboxylic acids is 2. The molecule has 0 bridgehead atoms. The molecule has 1 saturated heterocycles. The third-order valence-corrected chi connectivity index (χ3v) is 5.38. The molecule has 2 heterocycles. The zero-order valence-corrected chi connectivity index (χ0v) is 17.9. The van der Waals surface area contributed by atoms with Crippen LogP contribution < -0.4 is 16.0 Å². The first kappa shape index (κ1) is 21.4. The highest BCUT2D eigenvalue weighted by Crippen LogP contribution is 2.31. The molecule has 8 heteroatoms. The van der Waals surface area contributed by atoms with E-state index in [0.29, 0.717) is 23.6 Å². The van der Waals surface area contributed by atoms with Crippen molar-refractivity contribution in [3.8, 4) is 12.3 Å². The van der Waals surface area contributed by atoms with Gasteiger partial charge in [0.05, 0.1) is 23.3 Å². The van der Waals surface area contributed by atoms with Crippen LogP contribution in [0.3, 0.4) is 0 Å². The van der Waals surface area contributed by atoms with Crippen molar-refractivity contribution < 1.29 is 14.3 Å². The summed E-state index contributed by atoms with van der Waals surface area (Å²) in [5, 5.41) is 14.0. The molecule has 1 fully saturated rings. The molecule has 4 rings (SSSR count). The molecule has 0 saturated carbocycles.